The highest BCUT2D eigenvalue weighted by molar-refractivity contribution is 7.92. The van der Waals surface area contributed by atoms with E-state index in [4.69, 9.17) is 0 Å². The van der Waals surface area contributed by atoms with Gasteiger partial charge in [0.15, 0.2) is 0 Å². The number of benzene rings is 2. The first-order valence-corrected chi connectivity index (χ1v) is 10.9. The molecule has 0 bridgehead atoms. The Balaban J connectivity index is 2.21. The molecule has 27 heavy (non-hydrogen) atoms. The Labute approximate surface area is 162 Å². The van der Waals surface area contributed by atoms with E-state index in [1.807, 2.05) is 32.9 Å². The van der Waals surface area contributed by atoms with Crippen LogP contribution in [0.2, 0.25) is 0 Å². The molecule has 0 saturated heterocycles. The van der Waals surface area contributed by atoms with E-state index in [1.165, 1.54) is 12.1 Å². The Morgan fingerprint density at radius 1 is 0.926 bits per heavy atom. The second-order valence-corrected chi connectivity index (χ2v) is 8.12. The molecule has 0 aliphatic carbocycles. The van der Waals surface area contributed by atoms with Crippen molar-refractivity contribution in [2.75, 3.05) is 17.8 Å². The van der Waals surface area contributed by atoms with E-state index in [2.05, 4.69) is 4.72 Å². The number of aryl methyl sites for hydroxylation is 1. The molecule has 0 heterocycles. The van der Waals surface area contributed by atoms with Crippen molar-refractivity contribution in [1.82, 2.24) is 4.90 Å². The number of para-hydroxylation sites is 1. The number of rotatable bonds is 9. The van der Waals surface area contributed by atoms with Crippen LogP contribution in [0.25, 0.3) is 0 Å². The highest BCUT2D eigenvalue weighted by Crippen LogP contribution is 2.21. The zero-order valence-corrected chi connectivity index (χ0v) is 17.1. The lowest BCUT2D eigenvalue weighted by Crippen LogP contribution is -2.32. The van der Waals surface area contributed by atoms with Crippen LogP contribution in [0.4, 0.5) is 5.69 Å². The minimum absolute atomic E-state index is 0.0630. The van der Waals surface area contributed by atoms with Crippen molar-refractivity contribution in [1.29, 1.82) is 0 Å². The molecule has 0 radical (unpaired) electrons. The maximum atomic E-state index is 12.7. The molecule has 0 spiro atoms. The summed E-state index contributed by atoms with van der Waals surface area (Å²) in [5, 5.41) is 0. The Bertz CT molecular complexity index is 855. The van der Waals surface area contributed by atoms with Gasteiger partial charge in [0.2, 0.25) is 0 Å². The number of carbonyl (C=O) groups is 1. The molecule has 0 unspecified atom stereocenters. The van der Waals surface area contributed by atoms with E-state index in [9.17, 15) is 13.2 Å². The largest absolute Gasteiger partial charge is 0.339 e. The first kappa shape index (κ1) is 21.0. The first-order chi connectivity index (χ1) is 12.9. The molecule has 0 fully saturated rings. The summed E-state index contributed by atoms with van der Waals surface area (Å²) in [6, 6.07) is 13.5. The van der Waals surface area contributed by atoms with Gasteiger partial charge in [-0.1, -0.05) is 39.0 Å². The maximum Gasteiger partial charge on any atom is 0.261 e. The van der Waals surface area contributed by atoms with Gasteiger partial charge < -0.3 is 4.90 Å². The number of sulfonamides is 1. The van der Waals surface area contributed by atoms with Crippen molar-refractivity contribution in [3.8, 4) is 0 Å². The molecular formula is C21H28N2O3S. The molecule has 0 aliphatic rings. The highest BCUT2D eigenvalue weighted by atomic mass is 32.2. The molecule has 5 nitrogen and oxygen atoms in total. The van der Waals surface area contributed by atoms with E-state index in [0.717, 1.165) is 24.8 Å². The summed E-state index contributed by atoms with van der Waals surface area (Å²) in [5.74, 6) is -0.0630. The number of carbonyl (C=O) groups excluding carboxylic acids is 1. The van der Waals surface area contributed by atoms with Crippen LogP contribution in [-0.2, 0) is 16.4 Å². The topological polar surface area (TPSA) is 66.5 Å². The molecule has 146 valence electrons. The molecule has 0 aliphatic heterocycles. The van der Waals surface area contributed by atoms with Crippen molar-refractivity contribution >= 4 is 21.6 Å². The Kier molecular flexibility index (Phi) is 7.42. The summed E-state index contributed by atoms with van der Waals surface area (Å²) in [4.78, 5) is 14.6. The lowest BCUT2D eigenvalue weighted by Gasteiger charge is -2.21. The van der Waals surface area contributed by atoms with Crippen LogP contribution in [0.1, 0.15) is 49.5 Å². The molecule has 6 heteroatoms. The third kappa shape index (κ3) is 5.32. The van der Waals surface area contributed by atoms with Gasteiger partial charge in [-0.2, -0.15) is 0 Å². The van der Waals surface area contributed by atoms with Gasteiger partial charge in [-0.25, -0.2) is 8.42 Å². The molecular weight excluding hydrogens is 360 g/mol. The standard InChI is InChI=1S/C21H28N2O3S/c1-4-15-23(16-5-2)21(24)18-11-13-19(14-12-18)27(25,26)22-20-10-8-7-9-17(20)6-3/h7-14,22H,4-6,15-16H2,1-3H3. The van der Waals surface area contributed by atoms with E-state index in [0.29, 0.717) is 24.3 Å². The second kappa shape index (κ2) is 9.55. The van der Waals surface area contributed by atoms with Crippen LogP contribution in [0.5, 0.6) is 0 Å². The molecule has 2 aromatic rings. The van der Waals surface area contributed by atoms with Gasteiger partial charge in [-0.3, -0.25) is 9.52 Å². The van der Waals surface area contributed by atoms with Gasteiger partial charge in [0, 0.05) is 18.7 Å². The first-order valence-electron chi connectivity index (χ1n) is 9.43. The minimum atomic E-state index is -3.70. The highest BCUT2D eigenvalue weighted by Gasteiger charge is 2.18. The number of hydrogen-bond acceptors (Lipinski definition) is 3. The van der Waals surface area contributed by atoms with E-state index in [1.54, 1.807) is 29.2 Å². The molecule has 0 aromatic heterocycles. The lowest BCUT2D eigenvalue weighted by molar-refractivity contribution is 0.0755. The number of amides is 1. The van der Waals surface area contributed by atoms with Crippen molar-refractivity contribution < 1.29 is 13.2 Å². The molecule has 2 aromatic carbocycles. The lowest BCUT2D eigenvalue weighted by atomic mass is 10.1. The van der Waals surface area contributed by atoms with Gasteiger partial charge in [0.1, 0.15) is 0 Å². The van der Waals surface area contributed by atoms with Crippen molar-refractivity contribution in [2.45, 2.75) is 44.9 Å². The van der Waals surface area contributed by atoms with Crippen LogP contribution in [-0.4, -0.2) is 32.3 Å². The molecule has 2 rings (SSSR count). The fourth-order valence-corrected chi connectivity index (χ4v) is 4.05. The smallest absolute Gasteiger partial charge is 0.261 e. The Morgan fingerprint density at radius 3 is 2.07 bits per heavy atom. The zero-order valence-electron chi connectivity index (χ0n) is 16.2. The Morgan fingerprint density at radius 2 is 1.52 bits per heavy atom. The van der Waals surface area contributed by atoms with E-state index < -0.39 is 10.0 Å². The molecule has 1 amide bonds. The average molecular weight is 389 g/mol. The average Bonchev–Trinajstić information content (AvgIpc) is 2.67. The van der Waals surface area contributed by atoms with E-state index >= 15 is 0 Å². The third-order valence-electron chi connectivity index (χ3n) is 4.33. The van der Waals surface area contributed by atoms with Crippen LogP contribution in [0.3, 0.4) is 0 Å². The summed E-state index contributed by atoms with van der Waals surface area (Å²) >= 11 is 0. The maximum absolute atomic E-state index is 12.7. The van der Waals surface area contributed by atoms with Crippen LogP contribution >= 0.6 is 0 Å². The van der Waals surface area contributed by atoms with Crippen LogP contribution in [0, 0.1) is 0 Å². The van der Waals surface area contributed by atoms with Crippen LogP contribution in [0.15, 0.2) is 53.4 Å². The summed E-state index contributed by atoms with van der Waals surface area (Å²) in [6.45, 7) is 7.44. The van der Waals surface area contributed by atoms with Gasteiger partial charge >= 0.3 is 0 Å². The predicted octanol–water partition coefficient (Wildman–Crippen LogP) is 4.31. The molecule has 0 saturated carbocycles. The fraction of sp³-hybridized carbons (Fsp3) is 0.381. The zero-order chi connectivity index (χ0) is 19.9. The van der Waals surface area contributed by atoms with Crippen molar-refractivity contribution in [2.24, 2.45) is 0 Å². The van der Waals surface area contributed by atoms with Crippen molar-refractivity contribution in [3.63, 3.8) is 0 Å². The van der Waals surface area contributed by atoms with Gasteiger partial charge in [0.25, 0.3) is 15.9 Å². The molecule has 1 N–H and O–H groups in total. The SMILES string of the molecule is CCCN(CCC)C(=O)c1ccc(S(=O)(=O)Nc2ccccc2CC)cc1. The van der Waals surface area contributed by atoms with Gasteiger partial charge in [0.05, 0.1) is 10.6 Å². The van der Waals surface area contributed by atoms with Crippen molar-refractivity contribution in [3.05, 3.63) is 59.7 Å². The van der Waals surface area contributed by atoms with E-state index in [-0.39, 0.29) is 10.8 Å². The summed E-state index contributed by atoms with van der Waals surface area (Å²) in [6.07, 6.45) is 2.51. The fourth-order valence-electron chi connectivity index (χ4n) is 2.95. The minimum Gasteiger partial charge on any atom is -0.339 e. The monoisotopic (exact) mass is 388 g/mol. The summed E-state index contributed by atoms with van der Waals surface area (Å²) in [7, 11) is -3.70. The third-order valence-corrected chi connectivity index (χ3v) is 5.71. The normalized spacial score (nSPS) is 11.2. The second-order valence-electron chi connectivity index (χ2n) is 6.43. The number of nitrogens with one attached hydrogen (secondary N) is 1. The Hall–Kier alpha value is -2.34. The number of anilines is 1. The van der Waals surface area contributed by atoms with Gasteiger partial charge in [-0.05, 0) is 55.2 Å². The quantitative estimate of drug-likeness (QED) is 0.696. The molecule has 0 atom stereocenters. The van der Waals surface area contributed by atoms with Crippen LogP contribution < -0.4 is 4.72 Å². The number of hydrogen-bond donors (Lipinski definition) is 1. The summed E-state index contributed by atoms with van der Waals surface area (Å²) in [5.41, 5.74) is 2.02. The summed E-state index contributed by atoms with van der Waals surface area (Å²) < 4.78 is 28.0. The number of nitrogens with zero attached hydrogens (tertiary/aromatic N) is 1. The predicted molar refractivity (Wildman–Crippen MR) is 110 cm³/mol. The van der Waals surface area contributed by atoms with Gasteiger partial charge in [-0.15, -0.1) is 0 Å².